The lowest BCUT2D eigenvalue weighted by Gasteiger charge is -2.41. The topological polar surface area (TPSA) is 46.5 Å². The van der Waals surface area contributed by atoms with Crippen LogP contribution in [0, 0.1) is 10.8 Å². The summed E-state index contributed by atoms with van der Waals surface area (Å²) >= 11 is 0. The number of carbonyl (C=O) groups is 1. The van der Waals surface area contributed by atoms with E-state index in [9.17, 15) is 9.36 Å². The van der Waals surface area contributed by atoms with Crippen molar-refractivity contribution in [2.75, 3.05) is 13.2 Å². The molecule has 0 spiro atoms. The number of hydrogen-bond donors (Lipinski definition) is 0. The van der Waals surface area contributed by atoms with E-state index in [1.54, 1.807) is 7.05 Å². The van der Waals surface area contributed by atoms with Gasteiger partial charge < -0.3 is 0 Å². The summed E-state index contributed by atoms with van der Waals surface area (Å²) in [6.07, 6.45) is 0.0281. The van der Waals surface area contributed by atoms with E-state index in [1.807, 2.05) is 45.9 Å². The molecule has 26 heavy (non-hydrogen) atoms. The Balaban J connectivity index is 2.39. The lowest BCUT2D eigenvalue weighted by Crippen LogP contribution is -2.46. The fourth-order valence-corrected chi connectivity index (χ4v) is 3.63. The van der Waals surface area contributed by atoms with Gasteiger partial charge in [-0.25, -0.2) is 0 Å². The second-order valence-electron chi connectivity index (χ2n) is 7.48. The van der Waals surface area contributed by atoms with Gasteiger partial charge in [0.05, 0.1) is 6.16 Å². The Morgan fingerprint density at radius 3 is 1.92 bits per heavy atom. The molecule has 136 valence electrons. The van der Waals surface area contributed by atoms with Crippen LogP contribution in [0.15, 0.2) is 59.6 Å². The SMILES string of the molecule is CN=C(c1ccc(-c2ccccc2)cc1)C(C)(C)C(C)(C)C(=O)CP=O. The summed E-state index contributed by atoms with van der Waals surface area (Å²) in [5, 5.41) is 0. The van der Waals surface area contributed by atoms with Crippen LogP contribution in [-0.4, -0.2) is 24.7 Å². The predicted octanol–water partition coefficient (Wildman–Crippen LogP) is 5.69. The van der Waals surface area contributed by atoms with Crippen molar-refractivity contribution in [3.05, 3.63) is 60.2 Å². The molecule has 0 aliphatic rings. The summed E-state index contributed by atoms with van der Waals surface area (Å²) in [5.74, 6) is -0.0266. The van der Waals surface area contributed by atoms with Gasteiger partial charge in [0.25, 0.3) is 0 Å². The summed E-state index contributed by atoms with van der Waals surface area (Å²) in [4.78, 5) is 17.1. The highest BCUT2D eigenvalue weighted by Crippen LogP contribution is 2.43. The molecule has 2 aromatic rings. The maximum absolute atomic E-state index is 12.5. The Morgan fingerprint density at radius 1 is 0.885 bits per heavy atom. The van der Waals surface area contributed by atoms with Crippen LogP contribution in [0.2, 0.25) is 0 Å². The van der Waals surface area contributed by atoms with Crippen LogP contribution in [0.4, 0.5) is 0 Å². The van der Waals surface area contributed by atoms with Gasteiger partial charge in [0.1, 0.15) is 0 Å². The predicted molar refractivity (Wildman–Crippen MR) is 109 cm³/mol. The van der Waals surface area contributed by atoms with Crippen molar-refractivity contribution >= 4 is 20.0 Å². The normalized spacial score (nSPS) is 13.0. The molecule has 0 atom stereocenters. The molecule has 0 heterocycles. The van der Waals surface area contributed by atoms with Crippen molar-refractivity contribution in [3.63, 3.8) is 0 Å². The van der Waals surface area contributed by atoms with Gasteiger partial charge in [-0.3, -0.25) is 14.4 Å². The lowest BCUT2D eigenvalue weighted by molar-refractivity contribution is -0.128. The van der Waals surface area contributed by atoms with Crippen LogP contribution in [0.25, 0.3) is 11.1 Å². The lowest BCUT2D eigenvalue weighted by atomic mass is 9.62. The minimum atomic E-state index is -0.683. The zero-order chi connectivity index (χ0) is 19.4. The molecule has 0 aliphatic heterocycles. The van der Waals surface area contributed by atoms with Crippen LogP contribution in [0.3, 0.4) is 0 Å². The van der Waals surface area contributed by atoms with E-state index in [4.69, 9.17) is 0 Å². The average molecular weight is 367 g/mol. The van der Waals surface area contributed by atoms with Crippen LogP contribution >= 0.6 is 8.46 Å². The molecule has 0 saturated heterocycles. The highest BCUT2D eigenvalue weighted by Gasteiger charge is 2.46. The minimum absolute atomic E-state index is 0.0266. The van der Waals surface area contributed by atoms with Crippen molar-refractivity contribution in [2.45, 2.75) is 27.7 Å². The van der Waals surface area contributed by atoms with Gasteiger partial charge in [0.2, 0.25) is 0 Å². The van der Waals surface area contributed by atoms with E-state index < -0.39 is 10.8 Å². The second kappa shape index (κ2) is 8.05. The molecule has 0 aromatic heterocycles. The van der Waals surface area contributed by atoms with Gasteiger partial charge in [-0.2, -0.15) is 0 Å². The Bertz CT molecular complexity index is 806. The molecule has 2 rings (SSSR count). The quantitative estimate of drug-likeness (QED) is 0.466. The van der Waals surface area contributed by atoms with Crippen molar-refractivity contribution in [1.29, 1.82) is 0 Å². The summed E-state index contributed by atoms with van der Waals surface area (Å²) in [5.41, 5.74) is 2.99. The van der Waals surface area contributed by atoms with Crippen molar-refractivity contribution in [2.24, 2.45) is 15.8 Å². The van der Waals surface area contributed by atoms with Crippen molar-refractivity contribution in [1.82, 2.24) is 0 Å². The summed E-state index contributed by atoms with van der Waals surface area (Å²) in [6, 6.07) is 18.5. The highest BCUT2D eigenvalue weighted by molar-refractivity contribution is 7.25. The molecule has 0 bridgehead atoms. The van der Waals surface area contributed by atoms with E-state index >= 15 is 0 Å². The Morgan fingerprint density at radius 2 is 1.42 bits per heavy atom. The van der Waals surface area contributed by atoms with Crippen molar-refractivity contribution in [3.8, 4) is 11.1 Å². The van der Waals surface area contributed by atoms with E-state index in [-0.39, 0.29) is 20.4 Å². The molecular weight excluding hydrogens is 341 g/mol. The van der Waals surface area contributed by atoms with Crippen LogP contribution in [0.1, 0.15) is 33.3 Å². The Kier molecular flexibility index (Phi) is 6.26. The third-order valence-corrected chi connectivity index (χ3v) is 5.97. The van der Waals surface area contributed by atoms with Crippen molar-refractivity contribution < 1.29 is 9.36 Å². The fourth-order valence-electron chi connectivity index (χ4n) is 3.12. The molecule has 0 aliphatic carbocycles. The molecule has 0 fully saturated rings. The molecule has 0 N–H and O–H groups in total. The summed E-state index contributed by atoms with van der Waals surface area (Å²) < 4.78 is 10.9. The number of benzene rings is 2. The third-order valence-electron chi connectivity index (χ3n) is 5.55. The molecule has 0 radical (unpaired) electrons. The van der Waals surface area contributed by atoms with Gasteiger partial charge in [-0.1, -0.05) is 82.3 Å². The van der Waals surface area contributed by atoms with Gasteiger partial charge in [0.15, 0.2) is 14.2 Å². The first-order valence-corrected chi connectivity index (χ1v) is 9.71. The molecule has 0 amide bonds. The first-order valence-electron chi connectivity index (χ1n) is 8.71. The average Bonchev–Trinajstić information content (AvgIpc) is 2.63. The van der Waals surface area contributed by atoms with Gasteiger partial charge in [0, 0.05) is 23.6 Å². The van der Waals surface area contributed by atoms with E-state index in [0.29, 0.717) is 0 Å². The Hall–Kier alpha value is -2.12. The highest BCUT2D eigenvalue weighted by atomic mass is 31.1. The maximum Gasteiger partial charge on any atom is 0.163 e. The number of rotatable bonds is 7. The van der Waals surface area contributed by atoms with Gasteiger partial charge >= 0.3 is 0 Å². The molecular formula is C22H26NO2P. The standard InChI is InChI=1S/C22H26NO2P/c1-21(2,19(24)15-26-25)22(3,4)20(23-5)18-13-11-17(12-14-18)16-9-7-6-8-10-16/h6-14H,15H2,1-5H3. The fraction of sp³-hybridized carbons (Fsp3) is 0.364. The molecule has 4 heteroatoms. The monoisotopic (exact) mass is 367 g/mol. The van der Waals surface area contributed by atoms with Crippen LogP contribution < -0.4 is 0 Å². The van der Waals surface area contributed by atoms with E-state index in [0.717, 1.165) is 16.8 Å². The molecule has 0 unspecified atom stereocenters. The minimum Gasteiger partial charge on any atom is -0.298 e. The van der Waals surface area contributed by atoms with E-state index in [2.05, 4.69) is 41.4 Å². The zero-order valence-electron chi connectivity index (χ0n) is 16.1. The third kappa shape index (κ3) is 3.83. The first kappa shape index (κ1) is 20.2. The number of Topliss-reactive ketones (excluding diaryl/α,β-unsaturated/α-hetero) is 1. The molecule has 0 saturated carbocycles. The number of hydrogen-bond acceptors (Lipinski definition) is 3. The van der Waals surface area contributed by atoms with Crippen LogP contribution in [0.5, 0.6) is 0 Å². The number of aliphatic imine (C=N–C) groups is 1. The van der Waals surface area contributed by atoms with E-state index in [1.165, 1.54) is 5.56 Å². The first-order chi connectivity index (χ1) is 12.3. The Labute approximate surface area is 157 Å². The molecule has 2 aromatic carbocycles. The summed E-state index contributed by atoms with van der Waals surface area (Å²) in [6.45, 7) is 7.87. The second-order valence-corrected chi connectivity index (χ2v) is 8.05. The summed E-state index contributed by atoms with van der Waals surface area (Å²) in [7, 11) is 1.62. The van der Waals surface area contributed by atoms with Crippen LogP contribution in [-0.2, 0) is 9.36 Å². The number of ketones is 1. The maximum atomic E-state index is 12.5. The smallest absolute Gasteiger partial charge is 0.163 e. The van der Waals surface area contributed by atoms with Gasteiger partial charge in [-0.15, -0.1) is 0 Å². The van der Waals surface area contributed by atoms with Gasteiger partial charge in [-0.05, 0) is 16.7 Å². The largest absolute Gasteiger partial charge is 0.298 e. The zero-order valence-corrected chi connectivity index (χ0v) is 17.0. The number of carbonyl (C=O) groups excluding carboxylic acids is 1. The number of nitrogens with zero attached hydrogens (tertiary/aromatic N) is 1. The molecule has 3 nitrogen and oxygen atoms in total.